The van der Waals surface area contributed by atoms with Gasteiger partial charge in [0, 0.05) is 122 Å². The summed E-state index contributed by atoms with van der Waals surface area (Å²) in [6, 6.07) is 25.5. The normalized spacial score (nSPS) is 32.6. The molecule has 5 saturated heterocycles. The van der Waals surface area contributed by atoms with Crippen molar-refractivity contribution in [1.29, 1.82) is 0 Å². The van der Waals surface area contributed by atoms with Crippen LogP contribution in [0.4, 0.5) is 27.6 Å². The van der Waals surface area contributed by atoms with E-state index in [9.17, 15) is 51.5 Å². The molecule has 0 aromatic heterocycles. The molecule has 728 valence electrons. The fourth-order valence-electron chi connectivity index (χ4n) is 25.3. The molecule has 5 unspecified atom stereocenters. The minimum atomic E-state index is -1.14. The van der Waals surface area contributed by atoms with Gasteiger partial charge in [-0.25, -0.2) is 38.4 Å². The summed E-state index contributed by atoms with van der Waals surface area (Å²) in [5.41, 5.74) is 9.99. The first-order valence-corrected chi connectivity index (χ1v) is 46.7. The quantitative estimate of drug-likeness (QED) is 0.0460. The minimum Gasteiger partial charge on any atom is -0.397 e. The Morgan fingerprint density at radius 1 is 0.421 bits per heavy atom. The number of aryl methyl sites for hydroxylation is 1. The molecule has 0 bridgehead atoms. The van der Waals surface area contributed by atoms with Gasteiger partial charge in [0.2, 0.25) is 0 Å². The number of benzene rings is 5. The van der Waals surface area contributed by atoms with Crippen LogP contribution in [0.5, 0.6) is 0 Å². The molecule has 10 spiro atoms. The number of halogens is 4. The lowest BCUT2D eigenvalue weighted by molar-refractivity contribution is -0.138. The van der Waals surface area contributed by atoms with Crippen molar-refractivity contribution in [3.05, 3.63) is 174 Å². The summed E-state index contributed by atoms with van der Waals surface area (Å²) in [6.07, 6.45) is 24.9. The molecular weight excluding hydrogens is 1790 g/mol. The Morgan fingerprint density at radius 3 is 0.970 bits per heavy atom. The van der Waals surface area contributed by atoms with E-state index in [4.69, 9.17) is 56.7 Å². The molecule has 10 fully saturated rings. The number of aliphatic hydroxyl groups excluding tert-OH is 1. The second-order valence-corrected chi connectivity index (χ2v) is 39.5. The summed E-state index contributed by atoms with van der Waals surface area (Å²) in [4.78, 5) is 114. The smallest absolute Gasteiger partial charge is 0.325 e. The minimum absolute atomic E-state index is 0. The number of fused-ring (bicyclic) bond motifs is 15. The van der Waals surface area contributed by atoms with E-state index in [0.29, 0.717) is 22.7 Å². The number of nitrogens with two attached hydrogens (primary N) is 2. The Bertz CT molecular complexity index is 4720. The fourth-order valence-corrected chi connectivity index (χ4v) is 25.9. The number of rotatable bonds is 5. The van der Waals surface area contributed by atoms with Gasteiger partial charge in [0.1, 0.15) is 17.5 Å². The van der Waals surface area contributed by atoms with Gasteiger partial charge in [-0.1, -0.05) is 86.2 Å². The van der Waals surface area contributed by atoms with E-state index in [1.54, 1.807) is 82.8 Å². The number of methoxy groups -OCH3 is 5. The van der Waals surface area contributed by atoms with E-state index in [1.807, 2.05) is 25.1 Å². The second kappa shape index (κ2) is 40.8. The number of nitrogens with one attached hydrogen (secondary N) is 4. The molecule has 5 atom stereocenters. The number of aliphatic imine (C=N–C) groups is 1. The number of aliphatic hydroxyl groups is 1. The predicted molar refractivity (Wildman–Crippen MR) is 506 cm³/mol. The van der Waals surface area contributed by atoms with Gasteiger partial charge >= 0.3 is 18.1 Å². The monoisotopic (exact) mass is 1930 g/mol. The second-order valence-electron chi connectivity index (χ2n) is 38.2. The highest BCUT2D eigenvalue weighted by molar-refractivity contribution is 9.10. The highest BCUT2D eigenvalue weighted by atomic mass is 79.9. The van der Waals surface area contributed by atoms with Crippen molar-refractivity contribution >= 4 is 86.8 Å². The first-order chi connectivity index (χ1) is 62.1. The predicted octanol–water partition coefficient (Wildman–Crippen LogP) is 14.3. The van der Waals surface area contributed by atoms with Crippen LogP contribution < -0.4 is 32.9 Å². The zero-order valence-corrected chi connectivity index (χ0v) is 79.0. The topological polar surface area (TPSA) is 361 Å². The highest BCUT2D eigenvalue weighted by Gasteiger charge is 2.73. The molecule has 5 saturated carbocycles. The van der Waals surface area contributed by atoms with Gasteiger partial charge in [0.25, 0.3) is 29.5 Å². The first kappa shape index (κ1) is 105. The Balaban J connectivity index is 0.000000155. The lowest BCUT2D eigenvalue weighted by Gasteiger charge is -2.46. The number of hydrogen-bond acceptors (Lipinski definition) is 20. The zero-order valence-electron chi connectivity index (χ0n) is 76.6. The molecule has 10 aliphatic carbocycles. The number of ether oxygens (including phenoxy) is 6. The van der Waals surface area contributed by atoms with E-state index >= 15 is 0 Å². The van der Waals surface area contributed by atoms with Gasteiger partial charge in [-0.2, -0.15) is 0 Å². The van der Waals surface area contributed by atoms with Crippen LogP contribution in [-0.2, 0) is 112 Å². The number of hydrogen-bond donors (Lipinski definition) is 8. The molecule has 10 N–H and O–H groups in total. The molecule has 28 nitrogen and oxygen atoms in total. The molecule has 6 aliphatic heterocycles. The third-order valence-electron chi connectivity index (χ3n) is 32.2. The van der Waals surface area contributed by atoms with Crippen molar-refractivity contribution in [2.45, 2.75) is 268 Å². The van der Waals surface area contributed by atoms with Gasteiger partial charge in [0.15, 0.2) is 38.8 Å². The standard InChI is InChI=1S/C19H24N2O3.C18H21BrN2O3.C18H22FN3O2.C18H21FN2O3.C18H21FN2O2S.C4H8O.C2H6O.3CH4.H3NO/c1-12-4-5-13-11-18(8-6-14(24-3)7-9-18)19(15(13)10-12)16(22)21(2)17(23)20-19;1-21-15(22)18(20-16(21)23)14-9-12(19)4-3-11(14)10-17(18)7-5-13(24-2)6-8-17;1-22-15(23)18(21-16(22)20)14-9-12(19)4-3-11(14)10-17(18)7-5-13(24-2)6-8-17;1-21-15(22)18(20-16(21)23)14-9-12(19)4-3-11(14)10-17(18)7-5-13(24-2)6-8-17;1-21-15(22)18(20-16(21)24)14-9-12(19)4-3-11(14)10-17(18)7-5-13(23-2)6-8-17;1-2-4-5-3-1;1-2-3;;;;1-2/h4-5,10,14H,6-9,11H2,1-3H3,(H,20,23);3-4,9,13H,5-8,10H2,1-2H3,(H,20,23);3-4,9,13H,5-8,10H2,1-2H3,(H2,20,21);3-4,9,13H,5-8,10H2,1-2H3,(H,20,23);3-4,9,13H,5-8,10H2,1-2H3,(H,20,24);1-4H2;3H,2H2,1H3;3*1H4;2H,1H2. The van der Waals surface area contributed by atoms with Crippen LogP contribution in [0.25, 0.3) is 0 Å². The molecule has 33 heteroatoms. The van der Waals surface area contributed by atoms with E-state index in [2.05, 4.69) is 72.4 Å². The number of thiocarbonyl (C=S) groups is 1. The van der Waals surface area contributed by atoms with Crippen molar-refractivity contribution in [2.24, 2.45) is 43.7 Å². The third-order valence-corrected chi connectivity index (χ3v) is 33.1. The lowest BCUT2D eigenvalue weighted by Crippen LogP contribution is -2.56. The molecule has 21 rings (SSSR count). The van der Waals surface area contributed by atoms with Crippen LogP contribution >= 0.6 is 28.1 Å². The number of carbonyl (C=O) groups is 8. The Kier molecular flexibility index (Phi) is 32.1. The number of amides is 11. The summed E-state index contributed by atoms with van der Waals surface area (Å²) in [7, 11) is 16.6. The number of carbonyl (C=O) groups excluding carboxylic acids is 8. The number of urea groups is 3. The summed E-state index contributed by atoms with van der Waals surface area (Å²) in [6.45, 7) is 5.96. The number of guanidine groups is 1. The van der Waals surface area contributed by atoms with Crippen LogP contribution in [0, 0.1) is 51.5 Å². The Morgan fingerprint density at radius 2 is 0.692 bits per heavy atom. The van der Waals surface area contributed by atoms with Gasteiger partial charge in [-0.15, -0.1) is 0 Å². The molecule has 5 aromatic rings. The van der Waals surface area contributed by atoms with Crippen molar-refractivity contribution in [3.63, 3.8) is 0 Å². The zero-order chi connectivity index (χ0) is 93.8. The molecule has 0 radical (unpaired) electrons. The maximum Gasteiger partial charge on any atom is 0.325 e. The van der Waals surface area contributed by atoms with Gasteiger partial charge in [-0.05, 0) is 304 Å². The third kappa shape index (κ3) is 17.0. The average Bonchev–Trinajstić information content (AvgIpc) is 1.55. The molecule has 133 heavy (non-hydrogen) atoms. The summed E-state index contributed by atoms with van der Waals surface area (Å²) in [5.74, 6) is 1.98. The maximum atomic E-state index is 14.0. The summed E-state index contributed by atoms with van der Waals surface area (Å²) < 4.78 is 75.3. The molecule has 6 heterocycles. The molecule has 5 aromatic carbocycles. The SMILES string of the molecule is C.C.C.C1CCOC1.CCO.COC1CCC2(CC1)Cc1ccc(Br)cc1C21NC(=O)N(C)C1=O.COC1CCC2(CC1)Cc1ccc(C)cc1C21NC(=O)N(C)C1=O.COC1CCC2(CC1)Cc1ccc(F)cc1C21N=C(N)N(C)C1=O.COC1CCC2(CC1)Cc1ccc(F)cc1C21NC(=O)N(C)C1=O.COC1CCC2(CC1)Cc1ccc(F)cc1C21NC(=S)N(C)C1=O.NO. The number of imide groups is 3. The van der Waals surface area contributed by atoms with Crippen LogP contribution in [0.1, 0.15) is 232 Å². The van der Waals surface area contributed by atoms with Gasteiger partial charge < -0.3 is 65.7 Å². The summed E-state index contributed by atoms with van der Waals surface area (Å²) in [5, 5.41) is 26.9. The maximum absolute atomic E-state index is 14.0. The van der Waals surface area contributed by atoms with E-state index < -0.39 is 39.1 Å². The molecule has 16 aliphatic rings. The Labute approximate surface area is 794 Å². The average molecular weight is 1930 g/mol. The van der Waals surface area contributed by atoms with Crippen LogP contribution in [-0.4, -0.2) is 215 Å². The lowest BCUT2D eigenvalue weighted by atomic mass is 9.61. The van der Waals surface area contributed by atoms with Crippen LogP contribution in [0.2, 0.25) is 0 Å². The van der Waals surface area contributed by atoms with E-state index in [1.165, 1.54) is 81.5 Å². The van der Waals surface area contributed by atoms with Gasteiger partial charge in [0.05, 0.1) is 30.5 Å². The van der Waals surface area contributed by atoms with Crippen molar-refractivity contribution < 1.29 is 90.3 Å². The first-order valence-electron chi connectivity index (χ1n) is 45.5. The van der Waals surface area contributed by atoms with Crippen molar-refractivity contribution in [3.8, 4) is 0 Å². The van der Waals surface area contributed by atoms with Crippen molar-refractivity contribution in [2.75, 3.05) is 90.6 Å². The number of likely N-dealkylation sites (N-methyl/N-ethyl adjacent to an activating group) is 5. The van der Waals surface area contributed by atoms with Crippen LogP contribution in [0.15, 0.2) is 100 Å². The molecular formula is C100H138BrF3N12O16S. The Hall–Kier alpha value is -8.87. The summed E-state index contributed by atoms with van der Waals surface area (Å²) >= 11 is 8.89. The number of nitrogens with zero attached hydrogens (tertiary/aromatic N) is 6. The fraction of sp³-hybridized carbons (Fsp3) is 0.600. The molecule has 11 amide bonds. The van der Waals surface area contributed by atoms with Crippen molar-refractivity contribution in [1.82, 2.24) is 45.8 Å². The van der Waals surface area contributed by atoms with E-state index in [-0.39, 0.29) is 146 Å². The largest absolute Gasteiger partial charge is 0.397 e. The van der Waals surface area contributed by atoms with E-state index in [0.717, 1.165) is 221 Å². The van der Waals surface area contributed by atoms with Gasteiger partial charge in [-0.3, -0.25) is 48.5 Å². The highest BCUT2D eigenvalue weighted by Crippen LogP contribution is 2.66. The van der Waals surface area contributed by atoms with Crippen LogP contribution in [0.3, 0.4) is 0 Å².